The molecule has 1 unspecified atom stereocenters. The number of rotatable bonds is 3. The van der Waals surface area contributed by atoms with Crippen LogP contribution in [-0.2, 0) is 11.2 Å². The Morgan fingerprint density at radius 1 is 1.30 bits per heavy atom. The second kappa shape index (κ2) is 5.35. The minimum absolute atomic E-state index is 0.0805. The molecule has 2 aliphatic rings. The fraction of sp³-hybridized carbons (Fsp3) is 0.562. The number of carbonyl (C=O) groups is 1. The molecule has 1 aliphatic heterocycles. The van der Waals surface area contributed by atoms with E-state index in [9.17, 15) is 4.79 Å². The zero-order chi connectivity index (χ0) is 14.1. The lowest BCUT2D eigenvalue weighted by atomic mass is 9.98. The monoisotopic (exact) mass is 273 g/mol. The lowest BCUT2D eigenvalue weighted by Gasteiger charge is -2.25. The van der Waals surface area contributed by atoms with Crippen molar-refractivity contribution in [3.8, 4) is 0 Å². The number of hydrogen-bond donors (Lipinski definition) is 3. The maximum absolute atomic E-state index is 11.4. The van der Waals surface area contributed by atoms with Gasteiger partial charge in [0, 0.05) is 18.2 Å². The minimum atomic E-state index is 0.0805. The Labute approximate surface area is 120 Å². The van der Waals surface area contributed by atoms with Crippen molar-refractivity contribution < 1.29 is 4.79 Å². The summed E-state index contributed by atoms with van der Waals surface area (Å²) in [6, 6.07) is 4.45. The number of aryl methyl sites for hydroxylation is 1. The second-order valence-corrected chi connectivity index (χ2v) is 6.12. The SMILES string of the molecule is CC(Nc1cc2c(cc1N)NC(=O)CC2)C1CCCC1. The van der Waals surface area contributed by atoms with E-state index < -0.39 is 0 Å². The summed E-state index contributed by atoms with van der Waals surface area (Å²) in [4.78, 5) is 11.4. The van der Waals surface area contributed by atoms with Gasteiger partial charge in [-0.3, -0.25) is 4.79 Å². The molecule has 20 heavy (non-hydrogen) atoms. The number of amides is 1. The average Bonchev–Trinajstić information content (AvgIpc) is 2.94. The van der Waals surface area contributed by atoms with Gasteiger partial charge in [-0.1, -0.05) is 12.8 Å². The first-order valence-corrected chi connectivity index (χ1v) is 7.62. The van der Waals surface area contributed by atoms with Gasteiger partial charge in [-0.25, -0.2) is 0 Å². The molecule has 0 spiro atoms. The van der Waals surface area contributed by atoms with Crippen molar-refractivity contribution in [3.63, 3.8) is 0 Å². The van der Waals surface area contributed by atoms with Crippen LogP contribution in [0.5, 0.6) is 0 Å². The fourth-order valence-corrected chi connectivity index (χ4v) is 3.39. The van der Waals surface area contributed by atoms with E-state index in [0.717, 1.165) is 29.4 Å². The van der Waals surface area contributed by atoms with Crippen molar-refractivity contribution >= 4 is 23.0 Å². The molecular weight excluding hydrogens is 250 g/mol. The van der Waals surface area contributed by atoms with Gasteiger partial charge in [-0.2, -0.15) is 0 Å². The molecule has 1 aromatic rings. The molecule has 1 aliphatic carbocycles. The van der Waals surface area contributed by atoms with E-state index >= 15 is 0 Å². The van der Waals surface area contributed by atoms with Crippen LogP contribution in [0.15, 0.2) is 12.1 Å². The molecule has 4 heteroatoms. The third-order valence-electron chi connectivity index (χ3n) is 4.66. The predicted octanol–water partition coefficient (Wildman–Crippen LogP) is 3.14. The van der Waals surface area contributed by atoms with Crippen LogP contribution in [0.25, 0.3) is 0 Å². The summed E-state index contributed by atoms with van der Waals surface area (Å²) >= 11 is 0. The molecule has 1 saturated carbocycles. The van der Waals surface area contributed by atoms with Crippen molar-refractivity contribution in [1.29, 1.82) is 0 Å². The van der Waals surface area contributed by atoms with Crippen LogP contribution in [0.4, 0.5) is 17.1 Å². The molecule has 0 saturated heterocycles. The number of fused-ring (bicyclic) bond motifs is 1. The van der Waals surface area contributed by atoms with E-state index in [1.54, 1.807) is 0 Å². The highest BCUT2D eigenvalue weighted by Gasteiger charge is 2.23. The van der Waals surface area contributed by atoms with Gasteiger partial charge < -0.3 is 16.4 Å². The standard InChI is InChI=1S/C16H23N3O/c1-10(11-4-2-3-5-11)18-15-8-12-6-7-16(20)19-14(12)9-13(15)17/h8-11,18H,2-7,17H2,1H3,(H,19,20). The number of hydrogen-bond acceptors (Lipinski definition) is 3. The number of anilines is 3. The summed E-state index contributed by atoms with van der Waals surface area (Å²) in [5.41, 5.74) is 9.91. The molecule has 0 bridgehead atoms. The molecule has 3 rings (SSSR count). The van der Waals surface area contributed by atoms with Gasteiger partial charge in [-0.05, 0) is 49.8 Å². The number of carbonyl (C=O) groups excluding carboxylic acids is 1. The van der Waals surface area contributed by atoms with Gasteiger partial charge in [0.15, 0.2) is 0 Å². The topological polar surface area (TPSA) is 67.2 Å². The van der Waals surface area contributed by atoms with Crippen molar-refractivity contribution in [2.45, 2.75) is 51.5 Å². The number of nitrogens with two attached hydrogens (primary N) is 1. The third kappa shape index (κ3) is 2.60. The van der Waals surface area contributed by atoms with E-state index in [-0.39, 0.29) is 5.91 Å². The molecule has 1 amide bonds. The quantitative estimate of drug-likeness (QED) is 0.741. The van der Waals surface area contributed by atoms with Crippen molar-refractivity contribution in [2.24, 2.45) is 5.92 Å². The highest BCUT2D eigenvalue weighted by Crippen LogP contribution is 2.34. The van der Waals surface area contributed by atoms with Crippen LogP contribution in [-0.4, -0.2) is 11.9 Å². The maximum Gasteiger partial charge on any atom is 0.224 e. The van der Waals surface area contributed by atoms with Crippen LogP contribution in [0, 0.1) is 5.92 Å². The fourth-order valence-electron chi connectivity index (χ4n) is 3.39. The molecule has 0 radical (unpaired) electrons. The maximum atomic E-state index is 11.4. The zero-order valence-electron chi connectivity index (χ0n) is 12.0. The van der Waals surface area contributed by atoms with Crippen LogP contribution >= 0.6 is 0 Å². The Morgan fingerprint density at radius 3 is 2.80 bits per heavy atom. The first-order valence-electron chi connectivity index (χ1n) is 7.62. The van der Waals surface area contributed by atoms with E-state index in [2.05, 4.69) is 23.6 Å². The smallest absolute Gasteiger partial charge is 0.224 e. The van der Waals surface area contributed by atoms with Crippen molar-refractivity contribution in [1.82, 2.24) is 0 Å². The first kappa shape index (κ1) is 13.3. The molecule has 4 nitrogen and oxygen atoms in total. The van der Waals surface area contributed by atoms with E-state index in [1.807, 2.05) is 6.07 Å². The molecule has 4 N–H and O–H groups in total. The summed E-state index contributed by atoms with van der Waals surface area (Å²) in [5.74, 6) is 0.835. The lowest BCUT2D eigenvalue weighted by molar-refractivity contribution is -0.116. The highest BCUT2D eigenvalue weighted by atomic mass is 16.1. The average molecular weight is 273 g/mol. The molecular formula is C16H23N3O. The van der Waals surface area contributed by atoms with Crippen molar-refractivity contribution in [3.05, 3.63) is 17.7 Å². The summed E-state index contributed by atoms with van der Waals surface area (Å²) in [6.45, 7) is 2.25. The molecule has 1 aromatic carbocycles. The number of nitrogen functional groups attached to an aromatic ring is 1. The summed E-state index contributed by atoms with van der Waals surface area (Å²) in [7, 11) is 0. The van der Waals surface area contributed by atoms with Crippen LogP contribution in [0.2, 0.25) is 0 Å². The summed E-state index contributed by atoms with van der Waals surface area (Å²) in [5, 5.41) is 6.47. The molecule has 1 heterocycles. The predicted molar refractivity (Wildman–Crippen MR) is 82.8 cm³/mol. The van der Waals surface area contributed by atoms with Crippen LogP contribution < -0.4 is 16.4 Å². The highest BCUT2D eigenvalue weighted by molar-refractivity contribution is 5.95. The minimum Gasteiger partial charge on any atom is -0.397 e. The van der Waals surface area contributed by atoms with Gasteiger partial charge in [-0.15, -0.1) is 0 Å². The lowest BCUT2D eigenvalue weighted by Crippen LogP contribution is -2.25. The largest absolute Gasteiger partial charge is 0.397 e. The molecule has 1 fully saturated rings. The van der Waals surface area contributed by atoms with Gasteiger partial charge >= 0.3 is 0 Å². The number of benzene rings is 1. The van der Waals surface area contributed by atoms with E-state index in [0.29, 0.717) is 12.5 Å². The van der Waals surface area contributed by atoms with Gasteiger partial charge in [0.25, 0.3) is 0 Å². The van der Waals surface area contributed by atoms with Crippen LogP contribution in [0.1, 0.15) is 44.6 Å². The van der Waals surface area contributed by atoms with E-state index in [4.69, 9.17) is 5.73 Å². The van der Waals surface area contributed by atoms with E-state index in [1.165, 1.54) is 31.2 Å². The van der Waals surface area contributed by atoms with Gasteiger partial charge in [0.2, 0.25) is 5.91 Å². The third-order valence-corrected chi connectivity index (χ3v) is 4.66. The van der Waals surface area contributed by atoms with Gasteiger partial charge in [0.05, 0.1) is 11.4 Å². The molecule has 0 aromatic heterocycles. The van der Waals surface area contributed by atoms with Gasteiger partial charge in [0.1, 0.15) is 0 Å². The Morgan fingerprint density at radius 2 is 2.05 bits per heavy atom. The Bertz CT molecular complexity index is 521. The Hall–Kier alpha value is -1.71. The number of nitrogens with one attached hydrogen (secondary N) is 2. The molecule has 1 atom stereocenters. The second-order valence-electron chi connectivity index (χ2n) is 6.12. The summed E-state index contributed by atoms with van der Waals surface area (Å²) < 4.78 is 0. The summed E-state index contributed by atoms with van der Waals surface area (Å²) in [6.07, 6.45) is 6.69. The Balaban J connectivity index is 1.78. The normalized spacial score (nSPS) is 20.4. The van der Waals surface area contributed by atoms with Crippen LogP contribution in [0.3, 0.4) is 0 Å². The van der Waals surface area contributed by atoms with Crippen molar-refractivity contribution in [2.75, 3.05) is 16.4 Å². The zero-order valence-corrected chi connectivity index (χ0v) is 12.0. The first-order chi connectivity index (χ1) is 9.63. The Kier molecular flexibility index (Phi) is 3.55. The molecule has 108 valence electrons.